The van der Waals surface area contributed by atoms with Crippen LogP contribution in [0.25, 0.3) is 0 Å². The molecule has 1 saturated carbocycles. The molecule has 1 fully saturated rings. The summed E-state index contributed by atoms with van der Waals surface area (Å²) in [5, 5.41) is 9.88. The van der Waals surface area contributed by atoms with Gasteiger partial charge in [-0.05, 0) is 55.7 Å². The van der Waals surface area contributed by atoms with Crippen LogP contribution in [-0.4, -0.2) is 11.1 Å². The van der Waals surface area contributed by atoms with Crippen LogP contribution in [0, 0.1) is 17.2 Å². The maximum Gasteiger partial charge on any atom is 0.309 e. The van der Waals surface area contributed by atoms with Crippen molar-refractivity contribution < 1.29 is 14.3 Å². The van der Waals surface area contributed by atoms with Crippen molar-refractivity contribution in [3.05, 3.63) is 34.6 Å². The summed E-state index contributed by atoms with van der Waals surface area (Å²) >= 11 is 6.01. The summed E-state index contributed by atoms with van der Waals surface area (Å²) in [6.07, 6.45) is 3.55. The summed E-state index contributed by atoms with van der Waals surface area (Å²) < 4.78 is 13.0. The van der Waals surface area contributed by atoms with Crippen LogP contribution in [0.1, 0.15) is 38.2 Å². The molecule has 0 saturated heterocycles. The van der Waals surface area contributed by atoms with Crippen molar-refractivity contribution in [3.8, 4) is 0 Å². The van der Waals surface area contributed by atoms with Crippen molar-refractivity contribution >= 4 is 17.6 Å². The molecule has 0 bridgehead atoms. The first-order valence-corrected chi connectivity index (χ1v) is 6.98. The predicted molar refractivity (Wildman–Crippen MR) is 72.8 cm³/mol. The van der Waals surface area contributed by atoms with E-state index in [4.69, 9.17) is 11.6 Å². The van der Waals surface area contributed by atoms with Crippen LogP contribution in [0.5, 0.6) is 0 Å². The SMILES string of the molecule is CC1CCC(Cc2ccc(F)cc2Cl)(C(=O)O)CC1. The Morgan fingerprint density at radius 3 is 2.63 bits per heavy atom. The van der Waals surface area contributed by atoms with Crippen LogP contribution in [0.2, 0.25) is 5.02 Å². The minimum absolute atomic E-state index is 0.319. The fraction of sp³-hybridized carbons (Fsp3) is 0.533. The highest BCUT2D eigenvalue weighted by Gasteiger charge is 2.41. The van der Waals surface area contributed by atoms with E-state index in [-0.39, 0.29) is 0 Å². The molecular formula is C15H18ClFO2. The lowest BCUT2D eigenvalue weighted by Gasteiger charge is -2.36. The second kappa shape index (κ2) is 5.49. The van der Waals surface area contributed by atoms with Gasteiger partial charge in [0.05, 0.1) is 5.41 Å². The van der Waals surface area contributed by atoms with E-state index in [0.717, 1.165) is 18.4 Å². The van der Waals surface area contributed by atoms with E-state index in [1.165, 1.54) is 12.1 Å². The highest BCUT2D eigenvalue weighted by atomic mass is 35.5. The van der Waals surface area contributed by atoms with Crippen LogP contribution >= 0.6 is 11.6 Å². The van der Waals surface area contributed by atoms with Gasteiger partial charge in [0.25, 0.3) is 0 Å². The molecule has 2 nitrogen and oxygen atoms in total. The van der Waals surface area contributed by atoms with Gasteiger partial charge >= 0.3 is 5.97 Å². The van der Waals surface area contributed by atoms with Gasteiger partial charge in [-0.1, -0.05) is 24.6 Å². The Hall–Kier alpha value is -1.09. The quantitative estimate of drug-likeness (QED) is 0.898. The van der Waals surface area contributed by atoms with Gasteiger partial charge in [-0.25, -0.2) is 4.39 Å². The third-order valence-corrected chi connectivity index (χ3v) is 4.58. The molecule has 0 amide bonds. The zero-order chi connectivity index (χ0) is 14.0. The van der Waals surface area contributed by atoms with Gasteiger partial charge < -0.3 is 5.11 Å². The monoisotopic (exact) mass is 284 g/mol. The van der Waals surface area contributed by atoms with Crippen molar-refractivity contribution in [2.45, 2.75) is 39.0 Å². The van der Waals surface area contributed by atoms with E-state index >= 15 is 0 Å². The lowest BCUT2D eigenvalue weighted by molar-refractivity contribution is -0.151. The summed E-state index contributed by atoms with van der Waals surface area (Å²) in [5.74, 6) is -0.577. The molecular weight excluding hydrogens is 267 g/mol. The van der Waals surface area contributed by atoms with Gasteiger partial charge in [0.15, 0.2) is 0 Å². The lowest BCUT2D eigenvalue weighted by atomic mass is 9.68. The fourth-order valence-electron chi connectivity index (χ4n) is 2.81. The molecule has 0 heterocycles. The molecule has 0 aliphatic heterocycles. The van der Waals surface area contributed by atoms with Crippen LogP contribution < -0.4 is 0 Å². The highest BCUT2D eigenvalue weighted by molar-refractivity contribution is 6.31. The number of halogens is 2. The zero-order valence-corrected chi connectivity index (χ0v) is 11.7. The Labute approximate surface area is 117 Å². The Morgan fingerprint density at radius 1 is 1.47 bits per heavy atom. The fourth-order valence-corrected chi connectivity index (χ4v) is 3.04. The summed E-state index contributed by atoms with van der Waals surface area (Å²) in [5.41, 5.74) is -0.0198. The van der Waals surface area contributed by atoms with Gasteiger partial charge in [0, 0.05) is 5.02 Å². The number of aliphatic carboxylic acids is 1. The molecule has 1 aliphatic rings. The van der Waals surface area contributed by atoms with Crippen LogP contribution in [0.4, 0.5) is 4.39 Å². The predicted octanol–water partition coefficient (Wildman–Crippen LogP) is 4.30. The molecule has 1 N–H and O–H groups in total. The number of rotatable bonds is 3. The number of carboxylic acid groups (broad SMARTS) is 1. The number of carboxylic acids is 1. The molecule has 1 aromatic carbocycles. The second-order valence-corrected chi connectivity index (χ2v) is 6.09. The molecule has 104 valence electrons. The van der Waals surface area contributed by atoms with Crippen LogP contribution in [0.3, 0.4) is 0 Å². The van der Waals surface area contributed by atoms with E-state index in [2.05, 4.69) is 6.92 Å². The summed E-state index contributed by atoms with van der Waals surface area (Å²) in [6, 6.07) is 4.18. The standard InChI is InChI=1S/C15H18ClFO2/c1-10-4-6-15(7-5-10,14(18)19)9-11-2-3-12(17)8-13(11)16/h2-3,8,10H,4-7,9H2,1H3,(H,18,19). The summed E-state index contributed by atoms with van der Waals surface area (Å²) in [4.78, 5) is 11.6. The van der Waals surface area contributed by atoms with Gasteiger partial charge in [0.1, 0.15) is 5.82 Å². The molecule has 1 aromatic rings. The third-order valence-electron chi connectivity index (χ3n) is 4.23. The van der Waals surface area contributed by atoms with Crippen LogP contribution in [-0.2, 0) is 11.2 Å². The summed E-state index contributed by atoms with van der Waals surface area (Å²) in [7, 11) is 0. The number of hydrogen-bond acceptors (Lipinski definition) is 1. The molecule has 0 atom stereocenters. The molecule has 19 heavy (non-hydrogen) atoms. The Balaban J connectivity index is 2.24. The van der Waals surface area contributed by atoms with E-state index in [0.29, 0.717) is 30.2 Å². The number of benzene rings is 1. The smallest absolute Gasteiger partial charge is 0.309 e. The first kappa shape index (κ1) is 14.3. The van der Waals surface area contributed by atoms with E-state index in [9.17, 15) is 14.3 Å². The molecule has 2 rings (SSSR count). The Kier molecular flexibility index (Phi) is 4.14. The highest BCUT2D eigenvalue weighted by Crippen LogP contribution is 2.42. The lowest BCUT2D eigenvalue weighted by Crippen LogP contribution is -2.37. The minimum atomic E-state index is -0.764. The average molecular weight is 285 g/mol. The third kappa shape index (κ3) is 3.08. The largest absolute Gasteiger partial charge is 0.481 e. The second-order valence-electron chi connectivity index (χ2n) is 5.68. The first-order valence-electron chi connectivity index (χ1n) is 6.60. The number of hydrogen-bond donors (Lipinski definition) is 1. The maximum atomic E-state index is 13.0. The first-order chi connectivity index (χ1) is 8.93. The van der Waals surface area contributed by atoms with Gasteiger partial charge in [-0.2, -0.15) is 0 Å². The van der Waals surface area contributed by atoms with Crippen molar-refractivity contribution in [1.82, 2.24) is 0 Å². The van der Waals surface area contributed by atoms with Crippen molar-refractivity contribution in [3.63, 3.8) is 0 Å². The zero-order valence-electron chi connectivity index (χ0n) is 11.0. The van der Waals surface area contributed by atoms with Crippen molar-refractivity contribution in [2.24, 2.45) is 11.3 Å². The Bertz CT molecular complexity index is 479. The Morgan fingerprint density at radius 2 is 2.11 bits per heavy atom. The van der Waals surface area contributed by atoms with E-state index in [1.807, 2.05) is 0 Å². The van der Waals surface area contributed by atoms with Crippen molar-refractivity contribution in [2.75, 3.05) is 0 Å². The maximum absolute atomic E-state index is 13.0. The number of carbonyl (C=O) groups is 1. The molecule has 1 aliphatic carbocycles. The van der Waals surface area contributed by atoms with Crippen LogP contribution in [0.15, 0.2) is 18.2 Å². The molecule has 0 unspecified atom stereocenters. The van der Waals surface area contributed by atoms with E-state index < -0.39 is 17.2 Å². The summed E-state index contributed by atoms with van der Waals surface area (Å²) in [6.45, 7) is 2.15. The molecule has 0 spiro atoms. The molecule has 4 heteroatoms. The minimum Gasteiger partial charge on any atom is -0.481 e. The van der Waals surface area contributed by atoms with Crippen molar-refractivity contribution in [1.29, 1.82) is 0 Å². The van der Waals surface area contributed by atoms with Gasteiger partial charge in [-0.3, -0.25) is 4.79 Å². The van der Waals surface area contributed by atoms with Gasteiger partial charge in [-0.15, -0.1) is 0 Å². The molecule has 0 radical (unpaired) electrons. The normalized spacial score (nSPS) is 27.2. The topological polar surface area (TPSA) is 37.3 Å². The van der Waals surface area contributed by atoms with E-state index in [1.54, 1.807) is 6.07 Å². The average Bonchev–Trinajstić information content (AvgIpc) is 2.35. The molecule has 0 aromatic heterocycles. The van der Waals surface area contributed by atoms with Gasteiger partial charge in [0.2, 0.25) is 0 Å².